The Hall–Kier alpha value is -3.35. The van der Waals surface area contributed by atoms with Crippen LogP contribution in [0, 0.1) is 6.92 Å². The Balaban J connectivity index is 1.42. The molecule has 0 radical (unpaired) electrons. The van der Waals surface area contributed by atoms with Crippen molar-refractivity contribution in [1.29, 1.82) is 0 Å². The minimum Gasteiger partial charge on any atom is -0.486 e. The Morgan fingerprint density at radius 3 is 2.45 bits per heavy atom. The average molecular weight is 393 g/mol. The van der Waals surface area contributed by atoms with Gasteiger partial charge < -0.3 is 19.2 Å². The van der Waals surface area contributed by atoms with Crippen molar-refractivity contribution < 1.29 is 18.7 Å². The van der Waals surface area contributed by atoms with E-state index in [0.29, 0.717) is 37.1 Å². The summed E-state index contributed by atoms with van der Waals surface area (Å²) in [6.45, 7) is 7.50. The van der Waals surface area contributed by atoms with Crippen molar-refractivity contribution in [2.24, 2.45) is 0 Å². The molecule has 2 heterocycles. The summed E-state index contributed by atoms with van der Waals surface area (Å²) in [6, 6.07) is 13.0. The predicted octanol–water partition coefficient (Wildman–Crippen LogP) is 3.52. The molecule has 7 nitrogen and oxygen atoms in total. The largest absolute Gasteiger partial charge is 0.486 e. The molecule has 0 saturated heterocycles. The number of ether oxygens (including phenoxy) is 2. The zero-order chi connectivity index (χ0) is 20.4. The zero-order valence-corrected chi connectivity index (χ0v) is 16.7. The van der Waals surface area contributed by atoms with Crippen LogP contribution >= 0.6 is 0 Å². The number of carbonyl (C=O) groups is 1. The van der Waals surface area contributed by atoms with Crippen molar-refractivity contribution in [3.05, 3.63) is 59.5 Å². The molecule has 2 aromatic carbocycles. The van der Waals surface area contributed by atoms with Crippen LogP contribution in [0.2, 0.25) is 0 Å². The third-order valence-electron chi connectivity index (χ3n) is 4.93. The third kappa shape index (κ3) is 4.08. The number of fused-ring (bicyclic) bond motifs is 1. The Kier molecular flexibility index (Phi) is 4.96. The number of nitrogens with zero attached hydrogens (tertiary/aromatic N) is 2. The summed E-state index contributed by atoms with van der Waals surface area (Å²) in [6.07, 6.45) is 0. The highest BCUT2D eigenvalue weighted by Crippen LogP contribution is 2.35. The molecule has 1 amide bonds. The molecule has 0 fully saturated rings. The van der Waals surface area contributed by atoms with Gasteiger partial charge in [0, 0.05) is 30.0 Å². The Labute approximate surface area is 169 Å². The highest BCUT2D eigenvalue weighted by Gasteiger charge is 2.24. The molecular formula is C22H23N3O4. The summed E-state index contributed by atoms with van der Waals surface area (Å²) >= 11 is 0. The Morgan fingerprint density at radius 2 is 1.76 bits per heavy atom. The SMILES string of the molecule is Cc1nnc(-c2ccc(C(=O)NCC(C)(C)c3ccc4c(c3)OCCO4)cc2)o1. The van der Waals surface area contributed by atoms with Crippen LogP contribution in [0.1, 0.15) is 35.7 Å². The lowest BCUT2D eigenvalue weighted by Gasteiger charge is -2.28. The van der Waals surface area contributed by atoms with Crippen molar-refractivity contribution in [3.8, 4) is 23.0 Å². The van der Waals surface area contributed by atoms with Crippen LogP contribution in [0.25, 0.3) is 11.5 Å². The van der Waals surface area contributed by atoms with E-state index in [1.54, 1.807) is 31.2 Å². The van der Waals surface area contributed by atoms with Gasteiger partial charge in [-0.2, -0.15) is 0 Å². The number of hydrogen-bond acceptors (Lipinski definition) is 6. The zero-order valence-electron chi connectivity index (χ0n) is 16.7. The average Bonchev–Trinajstić information content (AvgIpc) is 3.18. The third-order valence-corrected chi connectivity index (χ3v) is 4.93. The summed E-state index contributed by atoms with van der Waals surface area (Å²) in [5.41, 5.74) is 2.15. The molecule has 1 N–H and O–H groups in total. The molecule has 0 saturated carbocycles. The van der Waals surface area contributed by atoms with Crippen LogP contribution in [-0.2, 0) is 5.41 Å². The van der Waals surface area contributed by atoms with Crippen LogP contribution in [0.3, 0.4) is 0 Å². The van der Waals surface area contributed by atoms with Gasteiger partial charge in [-0.3, -0.25) is 4.79 Å². The fourth-order valence-corrected chi connectivity index (χ4v) is 3.15. The number of aryl methyl sites for hydroxylation is 1. The lowest BCUT2D eigenvalue weighted by Crippen LogP contribution is -2.36. The molecule has 7 heteroatoms. The molecule has 4 rings (SSSR count). The van der Waals surface area contributed by atoms with Gasteiger partial charge in [-0.15, -0.1) is 10.2 Å². The number of nitrogens with one attached hydrogen (secondary N) is 1. The minimum atomic E-state index is -0.271. The maximum Gasteiger partial charge on any atom is 0.251 e. The van der Waals surface area contributed by atoms with Crippen molar-refractivity contribution in [3.63, 3.8) is 0 Å². The van der Waals surface area contributed by atoms with Gasteiger partial charge in [-0.1, -0.05) is 19.9 Å². The molecule has 0 bridgehead atoms. The lowest BCUT2D eigenvalue weighted by molar-refractivity contribution is 0.0945. The first-order valence-electron chi connectivity index (χ1n) is 9.51. The highest BCUT2D eigenvalue weighted by molar-refractivity contribution is 5.94. The van der Waals surface area contributed by atoms with Gasteiger partial charge in [0.05, 0.1) is 0 Å². The molecule has 0 spiro atoms. The monoisotopic (exact) mass is 393 g/mol. The first-order valence-corrected chi connectivity index (χ1v) is 9.51. The van der Waals surface area contributed by atoms with Crippen LogP contribution in [-0.4, -0.2) is 35.9 Å². The van der Waals surface area contributed by atoms with E-state index in [1.807, 2.05) is 18.2 Å². The van der Waals surface area contributed by atoms with Crippen LogP contribution < -0.4 is 14.8 Å². The van der Waals surface area contributed by atoms with Gasteiger partial charge in [0.15, 0.2) is 11.5 Å². The fourth-order valence-electron chi connectivity index (χ4n) is 3.15. The summed E-state index contributed by atoms with van der Waals surface area (Å²) in [4.78, 5) is 12.6. The second-order valence-corrected chi connectivity index (χ2v) is 7.63. The summed E-state index contributed by atoms with van der Waals surface area (Å²) < 4.78 is 16.7. The quantitative estimate of drug-likeness (QED) is 0.714. The van der Waals surface area contributed by atoms with Crippen LogP contribution in [0.15, 0.2) is 46.9 Å². The standard InChI is InChI=1S/C22H23N3O4/c1-14-24-25-21(29-14)16-6-4-15(5-7-16)20(26)23-13-22(2,3)17-8-9-18-19(12-17)28-11-10-27-18/h4-9,12H,10-11,13H2,1-3H3,(H,23,26). The van der Waals surface area contributed by atoms with Gasteiger partial charge in [0.1, 0.15) is 13.2 Å². The molecule has 0 unspecified atom stereocenters. The van der Waals surface area contributed by atoms with E-state index >= 15 is 0 Å². The van der Waals surface area contributed by atoms with Crippen LogP contribution in [0.5, 0.6) is 11.5 Å². The topological polar surface area (TPSA) is 86.5 Å². The number of carbonyl (C=O) groups excluding carboxylic acids is 1. The van der Waals surface area contributed by atoms with Gasteiger partial charge in [0.2, 0.25) is 11.8 Å². The number of amides is 1. The predicted molar refractivity (Wildman–Crippen MR) is 107 cm³/mol. The summed E-state index contributed by atoms with van der Waals surface area (Å²) in [5.74, 6) is 2.32. The van der Waals surface area contributed by atoms with E-state index in [-0.39, 0.29) is 11.3 Å². The Bertz CT molecular complexity index is 1020. The summed E-state index contributed by atoms with van der Waals surface area (Å²) in [5, 5.41) is 10.8. The number of benzene rings is 2. The number of rotatable bonds is 5. The van der Waals surface area contributed by atoms with Crippen molar-refractivity contribution in [1.82, 2.24) is 15.5 Å². The van der Waals surface area contributed by atoms with Gasteiger partial charge >= 0.3 is 0 Å². The van der Waals surface area contributed by atoms with Gasteiger partial charge in [-0.25, -0.2) is 0 Å². The molecule has 1 aliphatic heterocycles. The van der Waals surface area contributed by atoms with E-state index in [1.165, 1.54) is 0 Å². The molecule has 1 aliphatic rings. The highest BCUT2D eigenvalue weighted by atomic mass is 16.6. The minimum absolute atomic E-state index is 0.135. The molecule has 0 aliphatic carbocycles. The van der Waals surface area contributed by atoms with Crippen molar-refractivity contribution in [2.45, 2.75) is 26.2 Å². The van der Waals surface area contributed by atoms with Crippen LogP contribution in [0.4, 0.5) is 0 Å². The molecule has 150 valence electrons. The second-order valence-electron chi connectivity index (χ2n) is 7.63. The molecular weight excluding hydrogens is 370 g/mol. The van der Waals surface area contributed by atoms with Crippen molar-refractivity contribution >= 4 is 5.91 Å². The lowest BCUT2D eigenvalue weighted by atomic mass is 9.84. The summed E-state index contributed by atoms with van der Waals surface area (Å²) in [7, 11) is 0. The van der Waals surface area contributed by atoms with E-state index in [4.69, 9.17) is 13.9 Å². The molecule has 0 atom stereocenters. The van der Waals surface area contributed by atoms with E-state index in [2.05, 4.69) is 29.4 Å². The maximum atomic E-state index is 12.6. The fraction of sp³-hybridized carbons (Fsp3) is 0.318. The second kappa shape index (κ2) is 7.58. The van der Waals surface area contributed by atoms with E-state index in [9.17, 15) is 4.79 Å². The van der Waals surface area contributed by atoms with Crippen molar-refractivity contribution in [2.75, 3.05) is 19.8 Å². The van der Waals surface area contributed by atoms with Gasteiger partial charge in [0.25, 0.3) is 5.91 Å². The number of hydrogen-bond donors (Lipinski definition) is 1. The first kappa shape index (κ1) is 19.0. The van der Waals surface area contributed by atoms with E-state index < -0.39 is 0 Å². The normalized spacial score (nSPS) is 13.2. The first-order chi connectivity index (χ1) is 13.9. The smallest absolute Gasteiger partial charge is 0.251 e. The molecule has 3 aromatic rings. The van der Waals surface area contributed by atoms with Gasteiger partial charge in [-0.05, 0) is 42.0 Å². The molecule has 1 aromatic heterocycles. The molecule has 29 heavy (non-hydrogen) atoms. The number of aromatic nitrogens is 2. The maximum absolute atomic E-state index is 12.6. The Morgan fingerprint density at radius 1 is 1.03 bits per heavy atom. The van der Waals surface area contributed by atoms with E-state index in [0.717, 1.165) is 22.6 Å².